The summed E-state index contributed by atoms with van der Waals surface area (Å²) < 4.78 is 11.9. The number of ether oxygens (including phenoxy) is 2. The first-order chi connectivity index (χ1) is 14.9. The van der Waals surface area contributed by atoms with E-state index in [1.807, 2.05) is 43.5 Å². The summed E-state index contributed by atoms with van der Waals surface area (Å²) in [6.07, 6.45) is 0.838. The van der Waals surface area contributed by atoms with Crippen molar-refractivity contribution in [1.29, 1.82) is 0 Å². The second-order valence-electron chi connectivity index (χ2n) is 7.86. The molecule has 2 N–H and O–H groups in total. The fourth-order valence-electron chi connectivity index (χ4n) is 3.50. The lowest BCUT2D eigenvalue weighted by Gasteiger charge is -2.18. The van der Waals surface area contributed by atoms with Crippen LogP contribution in [0.1, 0.15) is 39.4 Å². The predicted molar refractivity (Wildman–Crippen MR) is 121 cm³/mol. The topological polar surface area (TPSA) is 76.7 Å². The van der Waals surface area contributed by atoms with Gasteiger partial charge >= 0.3 is 0 Å². The third kappa shape index (κ3) is 4.88. The van der Waals surface area contributed by atoms with Gasteiger partial charge in [-0.1, -0.05) is 30.3 Å². The summed E-state index contributed by atoms with van der Waals surface area (Å²) in [5.41, 5.74) is 1.75. The molecule has 0 unspecified atom stereocenters. The first-order valence-corrected chi connectivity index (χ1v) is 11.0. The van der Waals surface area contributed by atoms with E-state index in [2.05, 4.69) is 10.6 Å². The zero-order valence-corrected chi connectivity index (χ0v) is 18.3. The fourth-order valence-corrected chi connectivity index (χ4v) is 4.12. The van der Waals surface area contributed by atoms with Crippen LogP contribution in [-0.2, 0) is 6.42 Å². The number of hydrogen-bond donors (Lipinski definition) is 2. The van der Waals surface area contributed by atoms with Crippen LogP contribution in [0, 0.1) is 0 Å². The Morgan fingerprint density at radius 3 is 2.71 bits per heavy atom. The molecule has 0 aliphatic carbocycles. The summed E-state index contributed by atoms with van der Waals surface area (Å²) in [5, 5.41) is 7.49. The fraction of sp³-hybridized carbons (Fsp3) is 0.250. The van der Waals surface area contributed by atoms with E-state index in [0.29, 0.717) is 35.0 Å². The SMILES string of the molecule is CC1(C)Cc2cccc(OCCNC(=O)c3ccccc3NC(=O)c3cccs3)c2O1. The van der Waals surface area contributed by atoms with Crippen LogP contribution in [0.4, 0.5) is 5.69 Å². The van der Waals surface area contributed by atoms with E-state index in [-0.39, 0.29) is 17.4 Å². The van der Waals surface area contributed by atoms with E-state index in [4.69, 9.17) is 9.47 Å². The molecule has 2 aromatic carbocycles. The highest BCUT2D eigenvalue weighted by Crippen LogP contribution is 2.41. The number of rotatable bonds is 7. The van der Waals surface area contributed by atoms with Gasteiger partial charge in [0.2, 0.25) is 0 Å². The van der Waals surface area contributed by atoms with Gasteiger partial charge < -0.3 is 20.1 Å². The average molecular weight is 437 g/mol. The number of benzene rings is 2. The molecule has 6 nitrogen and oxygen atoms in total. The van der Waals surface area contributed by atoms with E-state index in [9.17, 15) is 9.59 Å². The molecule has 0 radical (unpaired) electrons. The van der Waals surface area contributed by atoms with Gasteiger partial charge in [0.05, 0.1) is 22.7 Å². The van der Waals surface area contributed by atoms with Crippen molar-refractivity contribution in [2.24, 2.45) is 0 Å². The summed E-state index contributed by atoms with van der Waals surface area (Å²) in [7, 11) is 0. The molecule has 0 fully saturated rings. The molecular formula is C24H24N2O4S. The third-order valence-electron chi connectivity index (χ3n) is 4.87. The predicted octanol–water partition coefficient (Wildman–Crippen LogP) is 4.52. The van der Waals surface area contributed by atoms with Gasteiger partial charge in [-0.15, -0.1) is 11.3 Å². The Balaban J connectivity index is 1.34. The van der Waals surface area contributed by atoms with E-state index in [1.165, 1.54) is 11.3 Å². The maximum atomic E-state index is 12.7. The van der Waals surface area contributed by atoms with Crippen LogP contribution in [0.3, 0.4) is 0 Å². The van der Waals surface area contributed by atoms with Crippen LogP contribution in [0.25, 0.3) is 0 Å². The van der Waals surface area contributed by atoms with Crippen molar-refractivity contribution in [2.45, 2.75) is 25.9 Å². The summed E-state index contributed by atoms with van der Waals surface area (Å²) in [6.45, 7) is 4.71. The van der Waals surface area contributed by atoms with Crippen molar-refractivity contribution in [1.82, 2.24) is 5.32 Å². The second-order valence-corrected chi connectivity index (χ2v) is 8.81. The number of carbonyl (C=O) groups is 2. The highest BCUT2D eigenvalue weighted by Gasteiger charge is 2.32. The number of anilines is 1. The van der Waals surface area contributed by atoms with E-state index < -0.39 is 0 Å². The number of thiophene rings is 1. The summed E-state index contributed by atoms with van der Waals surface area (Å²) in [6, 6.07) is 16.3. The molecule has 0 saturated carbocycles. The van der Waals surface area contributed by atoms with Crippen LogP contribution in [0.2, 0.25) is 0 Å². The molecule has 160 valence electrons. The van der Waals surface area contributed by atoms with E-state index >= 15 is 0 Å². The number of para-hydroxylation sites is 2. The van der Waals surface area contributed by atoms with Crippen LogP contribution in [0.15, 0.2) is 60.0 Å². The number of fused-ring (bicyclic) bond motifs is 1. The quantitative estimate of drug-likeness (QED) is 0.534. The molecule has 0 saturated heterocycles. The van der Waals surface area contributed by atoms with E-state index in [1.54, 1.807) is 30.3 Å². The zero-order chi connectivity index (χ0) is 21.8. The maximum Gasteiger partial charge on any atom is 0.265 e. The number of amides is 2. The van der Waals surface area contributed by atoms with Crippen molar-refractivity contribution in [3.63, 3.8) is 0 Å². The van der Waals surface area contributed by atoms with Crippen LogP contribution in [-0.4, -0.2) is 30.6 Å². The van der Waals surface area contributed by atoms with Gasteiger partial charge in [-0.25, -0.2) is 0 Å². The number of carbonyl (C=O) groups excluding carboxylic acids is 2. The lowest BCUT2D eigenvalue weighted by molar-refractivity contribution is 0.0947. The molecule has 3 aromatic rings. The van der Waals surface area contributed by atoms with Crippen LogP contribution in [0.5, 0.6) is 11.5 Å². The Hall–Kier alpha value is -3.32. The van der Waals surface area contributed by atoms with Gasteiger partial charge in [0, 0.05) is 12.0 Å². The number of nitrogens with one attached hydrogen (secondary N) is 2. The minimum Gasteiger partial charge on any atom is -0.488 e. The van der Waals surface area contributed by atoms with Gasteiger partial charge in [-0.2, -0.15) is 0 Å². The highest BCUT2D eigenvalue weighted by molar-refractivity contribution is 7.12. The molecule has 2 heterocycles. The summed E-state index contributed by atoms with van der Waals surface area (Å²) in [5.74, 6) is 0.946. The first-order valence-electron chi connectivity index (χ1n) is 10.1. The Bertz CT molecular complexity index is 1090. The lowest BCUT2D eigenvalue weighted by Crippen LogP contribution is -2.29. The lowest BCUT2D eigenvalue weighted by atomic mass is 10.0. The Morgan fingerprint density at radius 1 is 1.06 bits per heavy atom. The van der Waals surface area contributed by atoms with Crippen molar-refractivity contribution in [3.8, 4) is 11.5 Å². The molecule has 0 spiro atoms. The molecule has 0 atom stereocenters. The highest BCUT2D eigenvalue weighted by atomic mass is 32.1. The first kappa shape index (κ1) is 20.9. The molecule has 31 heavy (non-hydrogen) atoms. The Morgan fingerprint density at radius 2 is 1.90 bits per heavy atom. The maximum absolute atomic E-state index is 12.7. The Kier molecular flexibility index (Phi) is 5.95. The molecule has 0 bridgehead atoms. The molecular weight excluding hydrogens is 412 g/mol. The normalized spacial score (nSPS) is 13.7. The molecule has 1 aliphatic rings. The van der Waals surface area contributed by atoms with Crippen molar-refractivity contribution in [3.05, 3.63) is 76.0 Å². The molecule has 1 aromatic heterocycles. The molecule has 7 heteroatoms. The summed E-state index contributed by atoms with van der Waals surface area (Å²) in [4.78, 5) is 25.6. The van der Waals surface area contributed by atoms with E-state index in [0.717, 1.165) is 17.7 Å². The average Bonchev–Trinajstić information content (AvgIpc) is 3.38. The van der Waals surface area contributed by atoms with Gasteiger partial charge in [0.25, 0.3) is 11.8 Å². The molecule has 2 amide bonds. The standard InChI is InChI=1S/C24H24N2O4S/c1-24(2)15-16-7-5-10-19(21(16)30-24)29-13-12-25-22(27)17-8-3-4-9-18(17)26-23(28)20-11-6-14-31-20/h3-11,14H,12-13,15H2,1-2H3,(H,25,27)(H,26,28). The smallest absolute Gasteiger partial charge is 0.265 e. The minimum absolute atomic E-state index is 0.237. The van der Waals surface area contributed by atoms with Gasteiger partial charge in [-0.05, 0) is 43.5 Å². The number of hydrogen-bond acceptors (Lipinski definition) is 5. The van der Waals surface area contributed by atoms with Gasteiger partial charge in [-0.3, -0.25) is 9.59 Å². The zero-order valence-electron chi connectivity index (χ0n) is 17.4. The van der Waals surface area contributed by atoms with Crippen molar-refractivity contribution in [2.75, 3.05) is 18.5 Å². The summed E-state index contributed by atoms with van der Waals surface area (Å²) >= 11 is 1.35. The van der Waals surface area contributed by atoms with Crippen LogP contribution < -0.4 is 20.1 Å². The monoisotopic (exact) mass is 436 g/mol. The molecule has 4 rings (SSSR count). The second kappa shape index (κ2) is 8.81. The van der Waals surface area contributed by atoms with Crippen molar-refractivity contribution >= 4 is 28.8 Å². The van der Waals surface area contributed by atoms with Gasteiger partial charge in [0.15, 0.2) is 11.5 Å². The minimum atomic E-state index is -0.277. The largest absolute Gasteiger partial charge is 0.488 e. The van der Waals surface area contributed by atoms with Gasteiger partial charge in [0.1, 0.15) is 12.2 Å². The Labute approximate surface area is 185 Å². The molecule has 1 aliphatic heterocycles. The van der Waals surface area contributed by atoms with Crippen LogP contribution >= 0.6 is 11.3 Å². The third-order valence-corrected chi connectivity index (χ3v) is 5.73. The van der Waals surface area contributed by atoms with Crippen molar-refractivity contribution < 1.29 is 19.1 Å².